The predicted molar refractivity (Wildman–Crippen MR) is 113 cm³/mol. The Balaban J connectivity index is 2.00. The van der Waals surface area contributed by atoms with Gasteiger partial charge in [-0.25, -0.2) is 9.59 Å². The van der Waals surface area contributed by atoms with Crippen LogP contribution in [0.3, 0.4) is 0 Å². The fourth-order valence-electron chi connectivity index (χ4n) is 2.42. The topological polar surface area (TPSA) is 181 Å². The molecule has 2 aromatic rings. The van der Waals surface area contributed by atoms with Gasteiger partial charge in [-0.15, -0.1) is 0 Å². The van der Waals surface area contributed by atoms with Gasteiger partial charge in [-0.2, -0.15) is 10.5 Å². The highest BCUT2D eigenvalue weighted by Gasteiger charge is 2.18. The number of rotatable bonds is 7. The van der Waals surface area contributed by atoms with Gasteiger partial charge in [0.25, 0.3) is 0 Å². The second-order valence-corrected chi connectivity index (χ2v) is 6.65. The van der Waals surface area contributed by atoms with Crippen molar-refractivity contribution >= 4 is 24.1 Å². The van der Waals surface area contributed by atoms with E-state index < -0.39 is 47.3 Å². The largest absolute Gasteiger partial charge is 0.504 e. The van der Waals surface area contributed by atoms with Crippen molar-refractivity contribution in [2.24, 2.45) is 0 Å². The van der Waals surface area contributed by atoms with E-state index in [4.69, 9.17) is 9.47 Å². The van der Waals surface area contributed by atoms with Crippen molar-refractivity contribution in [1.29, 1.82) is 10.5 Å². The second-order valence-electron chi connectivity index (χ2n) is 6.65. The Morgan fingerprint density at radius 2 is 1.30 bits per heavy atom. The van der Waals surface area contributed by atoms with Gasteiger partial charge in [0.15, 0.2) is 23.0 Å². The number of hydrogen-bond donors (Lipinski definition) is 4. The fourth-order valence-corrected chi connectivity index (χ4v) is 2.42. The van der Waals surface area contributed by atoms with Crippen LogP contribution in [0, 0.1) is 22.7 Å². The zero-order valence-electron chi connectivity index (χ0n) is 17.2. The molecule has 0 spiro atoms. The third-order valence-electron chi connectivity index (χ3n) is 4.06. The van der Waals surface area contributed by atoms with Gasteiger partial charge in [0.05, 0.1) is 0 Å². The van der Waals surface area contributed by atoms with Crippen LogP contribution >= 0.6 is 0 Å². The first-order chi connectivity index (χ1) is 15.6. The monoisotopic (exact) mass is 450 g/mol. The SMILES string of the molecule is CC(COC(=O)C(C#N)=Cc1ccc(O)c(O)c1)OC(=O)C(C#N)=Cc1ccc(O)c(O)c1. The number of carbonyl (C=O) groups is 2. The molecule has 0 aliphatic heterocycles. The van der Waals surface area contributed by atoms with Gasteiger partial charge in [0, 0.05) is 0 Å². The smallest absolute Gasteiger partial charge is 0.349 e. The summed E-state index contributed by atoms with van der Waals surface area (Å²) in [5, 5.41) is 56.0. The molecule has 0 saturated carbocycles. The maximum Gasteiger partial charge on any atom is 0.349 e. The number of nitrogens with zero attached hydrogens (tertiary/aromatic N) is 2. The lowest BCUT2D eigenvalue weighted by atomic mass is 10.1. The number of ether oxygens (including phenoxy) is 2. The van der Waals surface area contributed by atoms with Crippen LogP contribution in [-0.2, 0) is 19.1 Å². The van der Waals surface area contributed by atoms with E-state index in [1.54, 1.807) is 12.1 Å². The van der Waals surface area contributed by atoms with Gasteiger partial charge in [-0.05, 0) is 54.5 Å². The first kappa shape index (κ1) is 24.3. The van der Waals surface area contributed by atoms with Crippen LogP contribution in [0.5, 0.6) is 23.0 Å². The molecule has 1 unspecified atom stereocenters. The number of hydrogen-bond acceptors (Lipinski definition) is 10. The normalized spacial score (nSPS) is 12.2. The standard InChI is InChI=1S/C23H18N2O8/c1-13(33-23(31)17(11-25)7-15-3-5-19(27)21(29)9-15)12-32-22(30)16(10-24)6-14-2-4-18(26)20(28)8-14/h2-9,13,26-29H,12H2,1H3. The van der Waals surface area contributed by atoms with Gasteiger partial charge in [-0.3, -0.25) is 0 Å². The Bertz CT molecular complexity index is 1220. The van der Waals surface area contributed by atoms with Crippen molar-refractivity contribution in [2.75, 3.05) is 6.61 Å². The summed E-state index contributed by atoms with van der Waals surface area (Å²) in [6.07, 6.45) is 1.31. The molecule has 0 bridgehead atoms. The summed E-state index contributed by atoms with van der Waals surface area (Å²) in [7, 11) is 0. The number of phenolic OH excluding ortho intramolecular Hbond substituents is 4. The lowest BCUT2D eigenvalue weighted by Gasteiger charge is -2.13. The molecule has 0 saturated heterocycles. The van der Waals surface area contributed by atoms with Gasteiger partial charge >= 0.3 is 11.9 Å². The molecule has 2 aromatic carbocycles. The predicted octanol–water partition coefficient (Wildman–Crippen LogP) is 2.50. The summed E-state index contributed by atoms with van der Waals surface area (Å²) in [4.78, 5) is 24.3. The van der Waals surface area contributed by atoms with Crippen molar-refractivity contribution < 1.29 is 39.5 Å². The van der Waals surface area contributed by atoms with Gasteiger partial charge in [0.1, 0.15) is 36.0 Å². The van der Waals surface area contributed by atoms with E-state index in [-0.39, 0.29) is 22.6 Å². The molecule has 10 nitrogen and oxygen atoms in total. The van der Waals surface area contributed by atoms with Crippen molar-refractivity contribution in [2.45, 2.75) is 13.0 Å². The van der Waals surface area contributed by atoms with Crippen LogP contribution in [0.4, 0.5) is 0 Å². The molecule has 2 rings (SSSR count). The number of benzene rings is 2. The van der Waals surface area contributed by atoms with Crippen LogP contribution in [0.15, 0.2) is 47.5 Å². The van der Waals surface area contributed by atoms with Gasteiger partial charge in [0.2, 0.25) is 0 Å². The molecular formula is C23H18N2O8. The van der Waals surface area contributed by atoms with Crippen molar-refractivity contribution in [3.63, 3.8) is 0 Å². The fraction of sp³-hybridized carbons (Fsp3) is 0.130. The zero-order chi connectivity index (χ0) is 24.5. The molecule has 168 valence electrons. The van der Waals surface area contributed by atoms with Crippen molar-refractivity contribution in [1.82, 2.24) is 0 Å². The van der Waals surface area contributed by atoms with Gasteiger partial charge < -0.3 is 29.9 Å². The third-order valence-corrected chi connectivity index (χ3v) is 4.06. The first-order valence-corrected chi connectivity index (χ1v) is 9.30. The summed E-state index contributed by atoms with van der Waals surface area (Å²) >= 11 is 0. The molecule has 0 aliphatic carbocycles. The molecule has 0 radical (unpaired) electrons. The van der Waals surface area contributed by atoms with Crippen LogP contribution in [-0.4, -0.2) is 45.1 Å². The summed E-state index contributed by atoms with van der Waals surface area (Å²) < 4.78 is 10.0. The highest BCUT2D eigenvalue weighted by Crippen LogP contribution is 2.27. The molecule has 1 atom stereocenters. The Morgan fingerprint density at radius 1 is 0.848 bits per heavy atom. The highest BCUT2D eigenvalue weighted by atomic mass is 16.6. The maximum atomic E-state index is 12.2. The van der Waals surface area contributed by atoms with Crippen LogP contribution in [0.2, 0.25) is 0 Å². The van der Waals surface area contributed by atoms with E-state index in [9.17, 15) is 40.5 Å². The second kappa shape index (κ2) is 10.9. The minimum Gasteiger partial charge on any atom is -0.504 e. The van der Waals surface area contributed by atoms with Crippen LogP contribution in [0.25, 0.3) is 12.2 Å². The van der Waals surface area contributed by atoms with E-state index >= 15 is 0 Å². The molecule has 0 amide bonds. The third kappa shape index (κ3) is 6.77. The Kier molecular flexibility index (Phi) is 8.02. The highest BCUT2D eigenvalue weighted by molar-refractivity contribution is 5.98. The minimum atomic E-state index is -1.01. The molecule has 10 heteroatoms. The summed E-state index contributed by atoms with van der Waals surface area (Å²) in [5.41, 5.74) is -0.268. The van der Waals surface area contributed by atoms with Gasteiger partial charge in [-0.1, -0.05) is 12.1 Å². The van der Waals surface area contributed by atoms with Crippen LogP contribution in [0.1, 0.15) is 18.1 Å². The molecule has 0 fully saturated rings. The van der Waals surface area contributed by atoms with Crippen molar-refractivity contribution in [3.05, 3.63) is 58.7 Å². The quantitative estimate of drug-likeness (QED) is 0.212. The average molecular weight is 450 g/mol. The Labute approximate surface area is 188 Å². The number of carbonyl (C=O) groups excluding carboxylic acids is 2. The number of aromatic hydroxyl groups is 4. The molecule has 4 N–H and O–H groups in total. The lowest BCUT2D eigenvalue weighted by Crippen LogP contribution is -2.23. The van der Waals surface area contributed by atoms with E-state index in [1.165, 1.54) is 31.2 Å². The summed E-state index contributed by atoms with van der Waals surface area (Å²) in [5.74, 6) is -3.61. The zero-order valence-corrected chi connectivity index (χ0v) is 17.2. The maximum absolute atomic E-state index is 12.2. The summed E-state index contributed by atoms with van der Waals surface area (Å²) in [6, 6.07) is 10.7. The van der Waals surface area contributed by atoms with E-state index in [2.05, 4.69) is 0 Å². The Hall–Kier alpha value is -4.96. The summed E-state index contributed by atoms with van der Waals surface area (Å²) in [6.45, 7) is 0.990. The van der Waals surface area contributed by atoms with Crippen LogP contribution < -0.4 is 0 Å². The molecule has 0 heterocycles. The number of nitriles is 2. The number of phenols is 4. The molecule has 33 heavy (non-hydrogen) atoms. The number of esters is 2. The molecular weight excluding hydrogens is 432 g/mol. The molecule has 0 aliphatic rings. The Morgan fingerprint density at radius 3 is 1.73 bits per heavy atom. The van der Waals surface area contributed by atoms with E-state index in [1.807, 2.05) is 0 Å². The van der Waals surface area contributed by atoms with E-state index in [0.717, 1.165) is 24.3 Å². The molecule has 0 aromatic heterocycles. The lowest BCUT2D eigenvalue weighted by molar-refractivity contribution is -0.152. The van der Waals surface area contributed by atoms with E-state index in [0.29, 0.717) is 0 Å². The minimum absolute atomic E-state index is 0.266. The van der Waals surface area contributed by atoms with Crippen molar-refractivity contribution in [3.8, 4) is 35.1 Å². The first-order valence-electron chi connectivity index (χ1n) is 9.30. The average Bonchev–Trinajstić information content (AvgIpc) is 2.78.